The lowest BCUT2D eigenvalue weighted by molar-refractivity contribution is -0.117. The monoisotopic (exact) mass is 316 g/mol. The zero-order valence-electron chi connectivity index (χ0n) is 13.3. The van der Waals surface area contributed by atoms with E-state index < -0.39 is 6.10 Å². The van der Waals surface area contributed by atoms with Gasteiger partial charge < -0.3 is 15.7 Å². The van der Waals surface area contributed by atoms with Crippen LogP contribution in [0.4, 0.5) is 5.69 Å². The second-order valence-corrected chi connectivity index (χ2v) is 6.67. The van der Waals surface area contributed by atoms with Gasteiger partial charge in [0.1, 0.15) is 0 Å². The largest absolute Gasteiger partial charge is 0.391 e. The molecule has 2 aliphatic carbocycles. The molecule has 1 atom stereocenters. The molecule has 1 unspecified atom stereocenters. The SMILES string of the molecule is O=C(NCC(O)C1CCCC1)c1cccc(NC(=O)C2CC2)c1. The van der Waals surface area contributed by atoms with Gasteiger partial charge in [0.2, 0.25) is 5.91 Å². The first-order valence-electron chi connectivity index (χ1n) is 8.50. The van der Waals surface area contributed by atoms with Gasteiger partial charge in [-0.15, -0.1) is 0 Å². The second kappa shape index (κ2) is 7.13. The molecule has 2 fully saturated rings. The van der Waals surface area contributed by atoms with Gasteiger partial charge in [-0.05, 0) is 49.8 Å². The van der Waals surface area contributed by atoms with E-state index in [0.717, 1.165) is 25.7 Å². The van der Waals surface area contributed by atoms with Crippen LogP contribution in [0.1, 0.15) is 48.9 Å². The smallest absolute Gasteiger partial charge is 0.251 e. The summed E-state index contributed by atoms with van der Waals surface area (Å²) in [5.41, 5.74) is 1.14. The normalized spacial score (nSPS) is 19.3. The summed E-state index contributed by atoms with van der Waals surface area (Å²) in [6.45, 7) is 0.280. The van der Waals surface area contributed by atoms with Gasteiger partial charge in [0, 0.05) is 23.7 Å². The lowest BCUT2D eigenvalue weighted by Crippen LogP contribution is -2.35. The molecule has 5 heteroatoms. The zero-order chi connectivity index (χ0) is 16.2. The standard InChI is InChI=1S/C18H24N2O3/c21-16(12-4-1-2-5-12)11-19-17(22)14-6-3-7-15(10-14)20-18(23)13-8-9-13/h3,6-7,10,12-13,16,21H,1-2,4-5,8-9,11H2,(H,19,22)(H,20,23). The molecule has 2 saturated carbocycles. The third kappa shape index (κ3) is 4.32. The molecule has 1 aromatic rings. The Morgan fingerprint density at radius 1 is 1.17 bits per heavy atom. The predicted molar refractivity (Wildman–Crippen MR) is 88.1 cm³/mol. The molecule has 0 heterocycles. The van der Waals surface area contributed by atoms with Gasteiger partial charge in [-0.2, -0.15) is 0 Å². The zero-order valence-corrected chi connectivity index (χ0v) is 13.3. The average molecular weight is 316 g/mol. The van der Waals surface area contributed by atoms with Crippen LogP contribution < -0.4 is 10.6 Å². The molecule has 0 aliphatic heterocycles. The maximum Gasteiger partial charge on any atom is 0.251 e. The Morgan fingerprint density at radius 2 is 1.91 bits per heavy atom. The first kappa shape index (κ1) is 16.0. The number of anilines is 1. The minimum absolute atomic E-state index is 0.0270. The third-order valence-electron chi connectivity index (χ3n) is 4.76. The first-order valence-corrected chi connectivity index (χ1v) is 8.50. The molecular weight excluding hydrogens is 292 g/mol. The number of hydrogen-bond acceptors (Lipinski definition) is 3. The Labute approximate surface area is 136 Å². The Morgan fingerprint density at radius 3 is 2.61 bits per heavy atom. The van der Waals surface area contributed by atoms with E-state index in [1.165, 1.54) is 12.8 Å². The average Bonchev–Trinajstić information content (AvgIpc) is 3.27. The number of nitrogens with one attached hydrogen (secondary N) is 2. The van der Waals surface area contributed by atoms with E-state index in [0.29, 0.717) is 17.2 Å². The number of amides is 2. The number of aliphatic hydroxyl groups is 1. The summed E-state index contributed by atoms with van der Waals surface area (Å²) >= 11 is 0. The van der Waals surface area contributed by atoms with Crippen LogP contribution in [0, 0.1) is 11.8 Å². The van der Waals surface area contributed by atoms with Crippen molar-refractivity contribution in [2.24, 2.45) is 11.8 Å². The van der Waals surface area contributed by atoms with Gasteiger partial charge in [0.05, 0.1) is 6.10 Å². The maximum absolute atomic E-state index is 12.2. The van der Waals surface area contributed by atoms with E-state index in [-0.39, 0.29) is 24.3 Å². The van der Waals surface area contributed by atoms with Crippen molar-refractivity contribution in [3.05, 3.63) is 29.8 Å². The third-order valence-corrected chi connectivity index (χ3v) is 4.76. The molecule has 2 amide bonds. The van der Waals surface area contributed by atoms with Crippen molar-refractivity contribution < 1.29 is 14.7 Å². The topological polar surface area (TPSA) is 78.4 Å². The fourth-order valence-electron chi connectivity index (χ4n) is 3.14. The Hall–Kier alpha value is -1.88. The van der Waals surface area contributed by atoms with Crippen molar-refractivity contribution in [3.8, 4) is 0 Å². The van der Waals surface area contributed by atoms with Crippen LogP contribution in [-0.4, -0.2) is 29.6 Å². The van der Waals surface area contributed by atoms with Crippen molar-refractivity contribution in [2.75, 3.05) is 11.9 Å². The van der Waals surface area contributed by atoms with Crippen molar-refractivity contribution in [2.45, 2.75) is 44.6 Å². The minimum Gasteiger partial charge on any atom is -0.391 e. The molecule has 0 spiro atoms. The van der Waals surface area contributed by atoms with E-state index in [1.54, 1.807) is 24.3 Å². The Kier molecular flexibility index (Phi) is 4.96. The quantitative estimate of drug-likeness (QED) is 0.753. The van der Waals surface area contributed by atoms with Crippen LogP contribution in [0.15, 0.2) is 24.3 Å². The van der Waals surface area contributed by atoms with Crippen LogP contribution in [0.25, 0.3) is 0 Å². The van der Waals surface area contributed by atoms with E-state index in [4.69, 9.17) is 0 Å². The molecule has 0 radical (unpaired) electrons. The lowest BCUT2D eigenvalue weighted by atomic mass is 10.0. The highest BCUT2D eigenvalue weighted by molar-refractivity contribution is 5.98. The maximum atomic E-state index is 12.2. The molecule has 1 aromatic carbocycles. The molecule has 0 bridgehead atoms. The lowest BCUT2D eigenvalue weighted by Gasteiger charge is -2.18. The summed E-state index contributed by atoms with van der Waals surface area (Å²) in [5, 5.41) is 15.7. The first-order chi connectivity index (χ1) is 11.1. The molecule has 3 N–H and O–H groups in total. The van der Waals surface area contributed by atoms with Gasteiger partial charge in [-0.3, -0.25) is 9.59 Å². The number of aliphatic hydroxyl groups excluding tert-OH is 1. The number of benzene rings is 1. The Balaban J connectivity index is 1.52. The molecule has 0 saturated heterocycles. The Bertz CT molecular complexity index is 577. The highest BCUT2D eigenvalue weighted by Crippen LogP contribution is 2.30. The van der Waals surface area contributed by atoms with Gasteiger partial charge in [0.25, 0.3) is 5.91 Å². The molecule has 23 heavy (non-hydrogen) atoms. The van der Waals surface area contributed by atoms with Crippen molar-refractivity contribution in [1.29, 1.82) is 0 Å². The van der Waals surface area contributed by atoms with E-state index in [9.17, 15) is 14.7 Å². The van der Waals surface area contributed by atoms with Crippen LogP contribution in [0.2, 0.25) is 0 Å². The fourth-order valence-corrected chi connectivity index (χ4v) is 3.14. The highest BCUT2D eigenvalue weighted by atomic mass is 16.3. The van der Waals surface area contributed by atoms with Crippen LogP contribution in [0.3, 0.4) is 0 Å². The number of rotatable bonds is 6. The van der Waals surface area contributed by atoms with Gasteiger partial charge in [-0.25, -0.2) is 0 Å². The van der Waals surface area contributed by atoms with Crippen molar-refractivity contribution in [1.82, 2.24) is 5.32 Å². The molecular formula is C18H24N2O3. The van der Waals surface area contributed by atoms with Gasteiger partial charge >= 0.3 is 0 Å². The molecule has 0 aromatic heterocycles. The summed E-state index contributed by atoms with van der Waals surface area (Å²) in [6.07, 6.45) is 5.84. The summed E-state index contributed by atoms with van der Waals surface area (Å²) < 4.78 is 0. The van der Waals surface area contributed by atoms with E-state index in [2.05, 4.69) is 10.6 Å². The minimum atomic E-state index is -0.473. The summed E-state index contributed by atoms with van der Waals surface area (Å²) in [5.74, 6) is 0.247. The summed E-state index contributed by atoms with van der Waals surface area (Å²) in [4.78, 5) is 24.0. The van der Waals surface area contributed by atoms with Crippen molar-refractivity contribution in [3.63, 3.8) is 0 Å². The molecule has 3 rings (SSSR count). The number of carbonyl (C=O) groups is 2. The van der Waals surface area contributed by atoms with E-state index >= 15 is 0 Å². The fraction of sp³-hybridized carbons (Fsp3) is 0.556. The predicted octanol–water partition coefficient (Wildman–Crippen LogP) is 2.32. The van der Waals surface area contributed by atoms with Crippen LogP contribution in [0.5, 0.6) is 0 Å². The molecule has 124 valence electrons. The highest BCUT2D eigenvalue weighted by Gasteiger charge is 2.29. The van der Waals surface area contributed by atoms with Crippen molar-refractivity contribution >= 4 is 17.5 Å². The van der Waals surface area contributed by atoms with Crippen LogP contribution >= 0.6 is 0 Å². The van der Waals surface area contributed by atoms with Gasteiger partial charge in [0.15, 0.2) is 0 Å². The second-order valence-electron chi connectivity index (χ2n) is 6.67. The number of hydrogen-bond donors (Lipinski definition) is 3. The van der Waals surface area contributed by atoms with Crippen LogP contribution in [-0.2, 0) is 4.79 Å². The number of carbonyl (C=O) groups excluding carboxylic acids is 2. The summed E-state index contributed by atoms with van der Waals surface area (Å²) in [7, 11) is 0. The summed E-state index contributed by atoms with van der Waals surface area (Å²) in [6, 6.07) is 6.93. The molecule has 2 aliphatic rings. The van der Waals surface area contributed by atoms with E-state index in [1.807, 2.05) is 0 Å². The van der Waals surface area contributed by atoms with Gasteiger partial charge in [-0.1, -0.05) is 18.9 Å². The molecule has 5 nitrogen and oxygen atoms in total.